The molecule has 0 aromatic heterocycles. The van der Waals surface area contributed by atoms with Gasteiger partial charge in [0.25, 0.3) is 0 Å². The normalized spacial score (nSPS) is 21.5. The predicted octanol–water partition coefficient (Wildman–Crippen LogP) is -1.85. The molecule has 2 aliphatic rings. The van der Waals surface area contributed by atoms with E-state index in [9.17, 15) is 0 Å². The van der Waals surface area contributed by atoms with E-state index in [1.807, 2.05) is 0 Å². The third-order valence-electron chi connectivity index (χ3n) is 2.95. The summed E-state index contributed by atoms with van der Waals surface area (Å²) >= 11 is 0. The van der Waals surface area contributed by atoms with Crippen LogP contribution in [0.1, 0.15) is 51.4 Å². The Morgan fingerprint density at radius 1 is 0.882 bits per heavy atom. The number of rotatable bonds is 0. The highest BCUT2D eigenvalue weighted by atomic mass is 31.2. The average molecular weight is 268 g/mol. The van der Waals surface area contributed by atoms with Gasteiger partial charge >= 0.3 is 0 Å². The zero-order valence-corrected chi connectivity index (χ0v) is 11.2. The van der Waals surface area contributed by atoms with Gasteiger partial charge in [0, 0.05) is 0 Å². The van der Waals surface area contributed by atoms with Crippen molar-refractivity contribution in [2.24, 2.45) is 0 Å². The first-order valence-corrected chi connectivity index (χ1v) is 7.69. The van der Waals surface area contributed by atoms with Gasteiger partial charge in [0.05, 0.1) is 19.9 Å². The second kappa shape index (κ2) is 9.03. The molecule has 0 bridgehead atoms. The van der Waals surface area contributed by atoms with Crippen molar-refractivity contribution in [1.29, 1.82) is 0 Å². The molecule has 7 N–H and O–H groups in total. The Balaban J connectivity index is 0.000000228. The minimum Gasteiger partial charge on any atom is -0.790 e. The molecule has 6 nitrogen and oxygen atoms in total. The Labute approximate surface area is 103 Å². The van der Waals surface area contributed by atoms with Gasteiger partial charge in [-0.2, -0.15) is 0 Å². The first kappa shape index (κ1) is 17.0. The van der Waals surface area contributed by atoms with Gasteiger partial charge in [0.1, 0.15) is 0 Å². The second-order valence-corrected chi connectivity index (χ2v) is 5.71. The van der Waals surface area contributed by atoms with Crippen molar-refractivity contribution in [2.75, 3.05) is 0 Å². The van der Waals surface area contributed by atoms with Crippen molar-refractivity contribution in [1.82, 2.24) is 0 Å². The van der Waals surface area contributed by atoms with Crippen LogP contribution in [0.25, 0.3) is 0 Å². The summed E-state index contributed by atoms with van der Waals surface area (Å²) in [5.41, 5.74) is 7.88. The zero-order chi connectivity index (χ0) is 13.3. The van der Waals surface area contributed by atoms with Crippen LogP contribution in [-0.2, 0) is 4.57 Å². The monoisotopic (exact) mass is 268 g/mol. The number of quaternary nitrogens is 2. The van der Waals surface area contributed by atoms with Crippen LogP contribution in [0.5, 0.6) is 0 Å². The molecule has 17 heavy (non-hydrogen) atoms. The van der Waals surface area contributed by atoms with Gasteiger partial charge < -0.3 is 30.7 Å². The van der Waals surface area contributed by atoms with Gasteiger partial charge in [0.15, 0.2) is 0 Å². The van der Waals surface area contributed by atoms with Crippen LogP contribution in [0.15, 0.2) is 0 Å². The maximum Gasteiger partial charge on any atom is 0.0843 e. The first-order chi connectivity index (χ1) is 7.79. The summed E-state index contributed by atoms with van der Waals surface area (Å²) in [4.78, 5) is 24.3. The lowest BCUT2D eigenvalue weighted by molar-refractivity contribution is -0.417. The quantitative estimate of drug-likeness (QED) is 0.444. The third-order valence-corrected chi connectivity index (χ3v) is 2.95. The minimum atomic E-state index is -5.14. The fraction of sp³-hybridized carbons (Fsp3) is 1.00. The van der Waals surface area contributed by atoms with Crippen molar-refractivity contribution in [3.63, 3.8) is 0 Å². The first-order valence-electron chi connectivity index (χ1n) is 6.20. The van der Waals surface area contributed by atoms with Gasteiger partial charge in [-0.05, 0) is 51.4 Å². The third kappa shape index (κ3) is 16.0. The molecule has 2 fully saturated rings. The van der Waals surface area contributed by atoms with Crippen LogP contribution in [0.3, 0.4) is 0 Å². The molecule has 0 heterocycles. The van der Waals surface area contributed by atoms with Gasteiger partial charge in [-0.15, -0.1) is 0 Å². The van der Waals surface area contributed by atoms with Gasteiger partial charge in [-0.25, -0.2) is 0 Å². The Bertz CT molecular complexity index is 200. The highest BCUT2D eigenvalue weighted by Crippen LogP contribution is 2.13. The lowest BCUT2D eigenvalue weighted by Crippen LogP contribution is -2.59. The molecule has 104 valence electrons. The second-order valence-electron chi connectivity index (χ2n) is 4.77. The Morgan fingerprint density at radius 2 is 1.06 bits per heavy atom. The van der Waals surface area contributed by atoms with Crippen LogP contribution >= 0.6 is 7.82 Å². The largest absolute Gasteiger partial charge is 0.790 e. The molecular formula is C10H25N2O4P. The molecule has 0 spiro atoms. The maximum atomic E-state index is 8.66. The zero-order valence-electron chi connectivity index (χ0n) is 10.3. The Kier molecular flexibility index (Phi) is 9.04. The molecule has 2 saturated carbocycles. The summed E-state index contributed by atoms with van der Waals surface area (Å²) in [5, 5.41) is 0. The van der Waals surface area contributed by atoms with E-state index >= 15 is 0 Å². The molecule has 0 aromatic carbocycles. The molecule has 0 saturated heterocycles. The fourth-order valence-electron chi connectivity index (χ4n) is 2.02. The van der Waals surface area contributed by atoms with E-state index in [0.29, 0.717) is 0 Å². The molecule has 7 heteroatoms. The standard InChI is InChI=1S/2C5H11N.H3O4P/c2*6-5-3-1-2-4-5;1-5(2,3)4/h2*5H,1-4,6H2;(H3,1,2,3,4). The van der Waals surface area contributed by atoms with Gasteiger partial charge in [-0.3, -0.25) is 0 Å². The molecule has 0 aliphatic heterocycles. The predicted molar refractivity (Wildman–Crippen MR) is 60.1 cm³/mol. The number of phosphoric acid groups is 1. The van der Waals surface area contributed by atoms with Crippen LogP contribution in [0, 0.1) is 0 Å². The van der Waals surface area contributed by atoms with E-state index in [0.717, 1.165) is 12.1 Å². The van der Waals surface area contributed by atoms with E-state index < -0.39 is 7.82 Å². The van der Waals surface area contributed by atoms with E-state index in [2.05, 4.69) is 11.5 Å². The summed E-state index contributed by atoms with van der Waals surface area (Å²) < 4.78 is 8.66. The number of hydrogen-bond donors (Lipinski definition) is 3. The topological polar surface area (TPSA) is 139 Å². The van der Waals surface area contributed by atoms with Crippen molar-refractivity contribution >= 4 is 7.82 Å². The van der Waals surface area contributed by atoms with Gasteiger partial charge in [-0.1, -0.05) is 0 Å². The summed E-state index contributed by atoms with van der Waals surface area (Å²) in [5.74, 6) is 0. The average Bonchev–Trinajstić information content (AvgIpc) is 2.76. The molecule has 2 rings (SSSR count). The van der Waals surface area contributed by atoms with Crippen LogP contribution in [0.4, 0.5) is 0 Å². The fourth-order valence-corrected chi connectivity index (χ4v) is 2.02. The number of hydrogen-bond acceptors (Lipinski definition) is 3. The summed E-state index contributed by atoms with van der Waals surface area (Å²) in [6, 6.07) is 1.59. The molecule has 0 amide bonds. The van der Waals surface area contributed by atoms with Crippen molar-refractivity contribution < 1.29 is 30.7 Å². The SMILES string of the molecule is O=P([O-])([O-])O.[NH3+]C1CCCC1.[NH3+]C1CCCC1. The lowest BCUT2D eigenvalue weighted by Gasteiger charge is -2.19. The summed E-state index contributed by atoms with van der Waals surface area (Å²) in [6.07, 6.45) is 11.2. The van der Waals surface area contributed by atoms with Crippen LogP contribution in [-0.4, -0.2) is 17.0 Å². The van der Waals surface area contributed by atoms with Crippen molar-refractivity contribution in [3.05, 3.63) is 0 Å². The highest BCUT2D eigenvalue weighted by Gasteiger charge is 2.11. The van der Waals surface area contributed by atoms with E-state index in [1.165, 1.54) is 51.4 Å². The molecule has 0 aromatic rings. The molecule has 0 radical (unpaired) electrons. The maximum absolute atomic E-state index is 8.66. The molecular weight excluding hydrogens is 243 g/mol. The molecule has 0 unspecified atom stereocenters. The van der Waals surface area contributed by atoms with Crippen molar-refractivity contribution in [2.45, 2.75) is 63.5 Å². The Hall–Kier alpha value is 0.0300. The van der Waals surface area contributed by atoms with E-state index in [1.54, 1.807) is 0 Å². The van der Waals surface area contributed by atoms with E-state index in [4.69, 9.17) is 19.2 Å². The lowest BCUT2D eigenvalue weighted by atomic mass is 10.3. The Morgan fingerprint density at radius 3 is 1.12 bits per heavy atom. The molecule has 0 atom stereocenters. The van der Waals surface area contributed by atoms with Crippen LogP contribution < -0.4 is 21.3 Å². The molecule has 2 aliphatic carbocycles. The minimum absolute atomic E-state index is 0.796. The van der Waals surface area contributed by atoms with E-state index in [-0.39, 0.29) is 0 Å². The smallest absolute Gasteiger partial charge is 0.0843 e. The summed E-state index contributed by atoms with van der Waals surface area (Å²) in [7, 11) is -5.14. The van der Waals surface area contributed by atoms with Gasteiger partial charge in [0.2, 0.25) is 0 Å². The van der Waals surface area contributed by atoms with Crippen LogP contribution in [0.2, 0.25) is 0 Å². The summed E-state index contributed by atoms with van der Waals surface area (Å²) in [6.45, 7) is 0. The highest BCUT2D eigenvalue weighted by molar-refractivity contribution is 7.42. The van der Waals surface area contributed by atoms with Crippen molar-refractivity contribution in [3.8, 4) is 0 Å².